The highest BCUT2D eigenvalue weighted by atomic mass is 32.1. The van der Waals surface area contributed by atoms with E-state index in [1.54, 1.807) is 0 Å². The van der Waals surface area contributed by atoms with Crippen LogP contribution in [0.2, 0.25) is 0 Å². The lowest BCUT2D eigenvalue weighted by molar-refractivity contribution is 0.122. The Bertz CT molecular complexity index is 990. The zero-order valence-electron chi connectivity index (χ0n) is 20.8. The van der Waals surface area contributed by atoms with Crippen LogP contribution in [-0.4, -0.2) is 61.0 Å². The lowest BCUT2D eigenvalue weighted by Crippen LogP contribution is -2.41. The molecular weight excluding hydrogens is 456 g/mol. The molecule has 3 aliphatic rings. The van der Waals surface area contributed by atoms with Gasteiger partial charge in [0.05, 0.1) is 13.2 Å². The molecule has 1 aliphatic carbocycles. The number of rotatable bonds is 6. The maximum absolute atomic E-state index is 5.74. The number of hydrogen-bond acceptors (Lipinski definition) is 6. The maximum atomic E-state index is 5.74. The number of aromatic nitrogens is 2. The van der Waals surface area contributed by atoms with Crippen LogP contribution in [0.4, 0.5) is 17.6 Å². The van der Waals surface area contributed by atoms with Gasteiger partial charge < -0.3 is 25.2 Å². The molecule has 7 nitrogen and oxygen atoms in total. The Morgan fingerprint density at radius 3 is 2.46 bits per heavy atom. The summed E-state index contributed by atoms with van der Waals surface area (Å²) in [5.41, 5.74) is 1.54. The Labute approximate surface area is 214 Å². The molecule has 1 saturated carbocycles. The Morgan fingerprint density at radius 1 is 1.03 bits per heavy atom. The number of anilines is 3. The molecular formula is C27H38N6OS. The minimum atomic E-state index is 0.138. The summed E-state index contributed by atoms with van der Waals surface area (Å²) >= 11 is 5.74. The van der Waals surface area contributed by atoms with Crippen molar-refractivity contribution < 1.29 is 4.74 Å². The van der Waals surface area contributed by atoms with Crippen LogP contribution in [0.25, 0.3) is 0 Å². The molecule has 2 N–H and O–H groups in total. The SMILES string of the molecule is C[C@H]1CCCN(c2cc(N3CCOCC3)nc(NC(=S)NCC3(c4ccccc4)CCCC3)n2)C1. The van der Waals surface area contributed by atoms with Crippen LogP contribution in [-0.2, 0) is 10.2 Å². The van der Waals surface area contributed by atoms with Crippen molar-refractivity contribution in [3.8, 4) is 0 Å². The number of hydrogen-bond donors (Lipinski definition) is 2. The van der Waals surface area contributed by atoms with Gasteiger partial charge in [0.25, 0.3) is 0 Å². The van der Waals surface area contributed by atoms with Crippen LogP contribution >= 0.6 is 12.2 Å². The standard InChI is InChI=1S/C27H38N6OS/c1-21-8-7-13-33(19-21)24-18-23(32-14-16-34-17-15-32)29-25(30-24)31-26(35)28-20-27(11-5-6-12-27)22-9-3-2-4-10-22/h2-4,9-10,18,21H,5-8,11-17,19-20H2,1H3,(H2,28,29,30,31,35)/t21-/m0/s1. The number of nitrogens with zero attached hydrogens (tertiary/aromatic N) is 4. The Hall–Kier alpha value is -2.45. The largest absolute Gasteiger partial charge is 0.378 e. The zero-order valence-corrected chi connectivity index (χ0v) is 21.7. The second-order valence-electron chi connectivity index (χ2n) is 10.4. The van der Waals surface area contributed by atoms with Gasteiger partial charge in [-0.2, -0.15) is 9.97 Å². The van der Waals surface area contributed by atoms with Gasteiger partial charge in [-0.15, -0.1) is 0 Å². The van der Waals surface area contributed by atoms with E-state index < -0.39 is 0 Å². The lowest BCUT2D eigenvalue weighted by Gasteiger charge is -2.33. The molecule has 1 atom stereocenters. The highest BCUT2D eigenvalue weighted by molar-refractivity contribution is 7.80. The third kappa shape index (κ3) is 5.86. The molecule has 0 bridgehead atoms. The van der Waals surface area contributed by atoms with E-state index in [0.717, 1.165) is 57.6 Å². The molecule has 5 rings (SSSR count). The second kappa shape index (κ2) is 11.1. The van der Waals surface area contributed by atoms with Gasteiger partial charge in [0.1, 0.15) is 11.6 Å². The molecule has 1 aromatic heterocycles. The van der Waals surface area contributed by atoms with Crippen molar-refractivity contribution in [3.63, 3.8) is 0 Å². The lowest BCUT2D eigenvalue weighted by atomic mass is 9.79. The molecule has 2 aliphatic heterocycles. The highest BCUT2D eigenvalue weighted by Gasteiger charge is 2.35. The molecule has 3 fully saturated rings. The first-order valence-corrected chi connectivity index (χ1v) is 13.6. The van der Waals surface area contributed by atoms with E-state index >= 15 is 0 Å². The minimum Gasteiger partial charge on any atom is -0.378 e. The molecule has 3 heterocycles. The molecule has 8 heteroatoms. The highest BCUT2D eigenvalue weighted by Crippen LogP contribution is 2.40. The van der Waals surface area contributed by atoms with E-state index in [1.165, 1.54) is 44.1 Å². The van der Waals surface area contributed by atoms with E-state index in [4.69, 9.17) is 26.9 Å². The first-order chi connectivity index (χ1) is 17.1. The van der Waals surface area contributed by atoms with Crippen molar-refractivity contribution in [3.05, 3.63) is 42.0 Å². The predicted octanol–water partition coefficient (Wildman–Crippen LogP) is 4.35. The summed E-state index contributed by atoms with van der Waals surface area (Å²) in [4.78, 5) is 14.4. The first kappa shape index (κ1) is 24.3. The van der Waals surface area contributed by atoms with E-state index in [9.17, 15) is 0 Å². The number of thiocarbonyl (C=S) groups is 1. The van der Waals surface area contributed by atoms with Crippen molar-refractivity contribution in [2.24, 2.45) is 5.92 Å². The number of ether oxygens (including phenoxy) is 1. The van der Waals surface area contributed by atoms with Crippen LogP contribution in [0.15, 0.2) is 36.4 Å². The molecule has 0 amide bonds. The van der Waals surface area contributed by atoms with Crippen molar-refractivity contribution in [1.82, 2.24) is 15.3 Å². The maximum Gasteiger partial charge on any atom is 0.232 e. The van der Waals surface area contributed by atoms with Gasteiger partial charge in [0, 0.05) is 44.2 Å². The van der Waals surface area contributed by atoms with Crippen molar-refractivity contribution in [2.75, 3.05) is 61.1 Å². The molecule has 0 radical (unpaired) electrons. The first-order valence-electron chi connectivity index (χ1n) is 13.2. The minimum absolute atomic E-state index is 0.138. The van der Waals surface area contributed by atoms with Crippen LogP contribution < -0.4 is 20.4 Å². The van der Waals surface area contributed by atoms with E-state index in [2.05, 4.69) is 63.8 Å². The third-order valence-electron chi connectivity index (χ3n) is 7.77. The smallest absolute Gasteiger partial charge is 0.232 e. The summed E-state index contributed by atoms with van der Waals surface area (Å²) in [6, 6.07) is 13.0. The van der Waals surface area contributed by atoms with Crippen molar-refractivity contribution in [1.29, 1.82) is 0 Å². The second-order valence-corrected chi connectivity index (χ2v) is 10.8. The summed E-state index contributed by atoms with van der Waals surface area (Å²) in [6.45, 7) is 8.34. The molecule has 0 spiro atoms. The number of morpholine rings is 1. The van der Waals surface area contributed by atoms with Gasteiger partial charge in [0.15, 0.2) is 5.11 Å². The van der Waals surface area contributed by atoms with Gasteiger partial charge in [-0.3, -0.25) is 0 Å². The number of benzene rings is 1. The number of piperidine rings is 1. The molecule has 2 saturated heterocycles. The van der Waals surface area contributed by atoms with Crippen LogP contribution in [0.5, 0.6) is 0 Å². The normalized spacial score (nSPS) is 22.1. The Kier molecular flexibility index (Phi) is 7.68. The van der Waals surface area contributed by atoms with Gasteiger partial charge in [-0.25, -0.2) is 0 Å². The summed E-state index contributed by atoms with van der Waals surface area (Å²) in [5.74, 6) is 3.17. The van der Waals surface area contributed by atoms with Crippen LogP contribution in [0.3, 0.4) is 0 Å². The summed E-state index contributed by atoms with van der Waals surface area (Å²) < 4.78 is 5.56. The molecule has 2 aromatic rings. The fraction of sp³-hybridized carbons (Fsp3) is 0.593. The molecule has 1 aromatic carbocycles. The average Bonchev–Trinajstić information content (AvgIpc) is 3.39. The third-order valence-corrected chi connectivity index (χ3v) is 8.02. The summed E-state index contributed by atoms with van der Waals surface area (Å²) in [7, 11) is 0. The van der Waals surface area contributed by atoms with Crippen molar-refractivity contribution in [2.45, 2.75) is 50.9 Å². The summed E-state index contributed by atoms with van der Waals surface area (Å²) in [5, 5.41) is 7.42. The Morgan fingerprint density at radius 2 is 1.74 bits per heavy atom. The van der Waals surface area contributed by atoms with E-state index in [1.807, 2.05) is 0 Å². The fourth-order valence-corrected chi connectivity index (χ4v) is 5.96. The van der Waals surface area contributed by atoms with E-state index in [-0.39, 0.29) is 5.41 Å². The van der Waals surface area contributed by atoms with Crippen LogP contribution in [0.1, 0.15) is 51.0 Å². The topological polar surface area (TPSA) is 65.6 Å². The van der Waals surface area contributed by atoms with Gasteiger partial charge in [0.2, 0.25) is 5.95 Å². The van der Waals surface area contributed by atoms with Crippen LogP contribution in [0, 0.1) is 5.92 Å². The van der Waals surface area contributed by atoms with Crippen molar-refractivity contribution >= 4 is 34.9 Å². The van der Waals surface area contributed by atoms with Gasteiger partial charge in [-0.1, -0.05) is 50.1 Å². The predicted molar refractivity (Wildman–Crippen MR) is 146 cm³/mol. The quantitative estimate of drug-likeness (QED) is 0.575. The average molecular weight is 495 g/mol. The summed E-state index contributed by atoms with van der Waals surface area (Å²) in [6.07, 6.45) is 7.38. The monoisotopic (exact) mass is 494 g/mol. The Balaban J connectivity index is 1.31. The van der Waals surface area contributed by atoms with E-state index in [0.29, 0.717) is 17.0 Å². The molecule has 0 unspecified atom stereocenters. The molecule has 35 heavy (non-hydrogen) atoms. The van der Waals surface area contributed by atoms with Gasteiger partial charge in [-0.05, 0) is 49.4 Å². The van der Waals surface area contributed by atoms with Gasteiger partial charge >= 0.3 is 0 Å². The fourth-order valence-electron chi connectivity index (χ4n) is 5.80. The molecule has 188 valence electrons. The zero-order chi connectivity index (χ0) is 24.1. The number of nitrogens with one attached hydrogen (secondary N) is 2.